The second-order valence-electron chi connectivity index (χ2n) is 5.68. The molecule has 3 aromatic rings. The summed E-state index contributed by atoms with van der Waals surface area (Å²) in [5.74, 6) is -1.00. The van der Waals surface area contributed by atoms with Crippen LogP contribution >= 0.6 is 0 Å². The minimum absolute atomic E-state index is 0.0763. The summed E-state index contributed by atoms with van der Waals surface area (Å²) >= 11 is 0. The molecule has 10 heteroatoms. The van der Waals surface area contributed by atoms with Crippen molar-refractivity contribution in [2.24, 2.45) is 5.73 Å². The number of carbonyl (C=O) groups excluding carboxylic acids is 1. The smallest absolute Gasteiger partial charge is 0.266 e. The van der Waals surface area contributed by atoms with Gasteiger partial charge in [0.05, 0.1) is 15.5 Å². The Kier molecular flexibility index (Phi) is 4.04. The number of H-pyrrole nitrogens is 1. The lowest BCUT2D eigenvalue weighted by atomic mass is 10.2. The number of fused-ring (bicyclic) bond motifs is 1. The minimum Gasteiger partial charge on any atom is -0.397 e. The van der Waals surface area contributed by atoms with Gasteiger partial charge >= 0.3 is 0 Å². The van der Waals surface area contributed by atoms with E-state index in [0.29, 0.717) is 0 Å². The van der Waals surface area contributed by atoms with Crippen molar-refractivity contribution in [3.8, 4) is 0 Å². The van der Waals surface area contributed by atoms with Crippen LogP contribution in [-0.2, 0) is 19.7 Å². The predicted octanol–water partition coefficient (Wildman–Crippen LogP) is 1.09. The van der Waals surface area contributed by atoms with E-state index in [1.807, 2.05) is 0 Å². The van der Waals surface area contributed by atoms with E-state index in [2.05, 4.69) is 4.98 Å². The Hall–Kier alpha value is -2.85. The topological polar surface area (TPSA) is 153 Å². The summed E-state index contributed by atoms with van der Waals surface area (Å²) in [5, 5.41) is -0.0782. The van der Waals surface area contributed by atoms with Gasteiger partial charge in [0, 0.05) is 17.2 Å². The van der Waals surface area contributed by atoms with E-state index in [0.717, 1.165) is 6.26 Å². The third-order valence-corrected chi connectivity index (χ3v) is 6.88. The Morgan fingerprint density at radius 1 is 1.00 bits per heavy atom. The number of amides is 1. The van der Waals surface area contributed by atoms with Crippen molar-refractivity contribution in [1.29, 1.82) is 0 Å². The fraction of sp³-hybridized carbons (Fsp3) is 0.0625. The summed E-state index contributed by atoms with van der Waals surface area (Å²) in [4.78, 5) is 13.7. The number of anilines is 1. The van der Waals surface area contributed by atoms with Crippen LogP contribution in [0.3, 0.4) is 0 Å². The second-order valence-corrected chi connectivity index (χ2v) is 9.55. The SMILES string of the molecule is CS(=O)(=O)c1ccc2[nH]c(C(N)=O)c(S(=O)(=O)c3ccccc3)c2c1N. The summed E-state index contributed by atoms with van der Waals surface area (Å²) in [6.45, 7) is 0. The molecule has 8 nitrogen and oxygen atoms in total. The molecule has 26 heavy (non-hydrogen) atoms. The van der Waals surface area contributed by atoms with Gasteiger partial charge in [0.25, 0.3) is 5.91 Å². The molecule has 0 bridgehead atoms. The molecule has 1 aromatic heterocycles. The highest BCUT2D eigenvalue weighted by Crippen LogP contribution is 2.37. The molecule has 0 unspecified atom stereocenters. The fourth-order valence-corrected chi connectivity index (χ4v) is 5.23. The molecule has 0 fully saturated rings. The zero-order chi connectivity index (χ0) is 19.3. The van der Waals surface area contributed by atoms with Crippen LogP contribution in [0.15, 0.2) is 57.2 Å². The molecule has 1 heterocycles. The van der Waals surface area contributed by atoms with Crippen molar-refractivity contribution in [3.63, 3.8) is 0 Å². The number of aromatic nitrogens is 1. The first-order chi connectivity index (χ1) is 12.0. The lowest BCUT2D eigenvalue weighted by Gasteiger charge is -2.09. The second kappa shape index (κ2) is 5.85. The Morgan fingerprint density at radius 3 is 2.15 bits per heavy atom. The molecule has 0 atom stereocenters. The lowest BCUT2D eigenvalue weighted by Crippen LogP contribution is -2.16. The molecule has 136 valence electrons. The van der Waals surface area contributed by atoms with E-state index < -0.39 is 30.5 Å². The largest absolute Gasteiger partial charge is 0.397 e. The molecule has 1 amide bonds. The summed E-state index contributed by atoms with van der Waals surface area (Å²) in [6, 6.07) is 9.99. The van der Waals surface area contributed by atoms with Crippen LogP contribution in [0.25, 0.3) is 10.9 Å². The standard InChI is InChI=1S/C16H15N3O5S2/c1-25(21,22)11-8-7-10-12(13(11)17)15(14(19-10)16(18)20)26(23,24)9-5-3-2-4-6-9/h2-8,19H,17H2,1H3,(H2,18,20). The third-order valence-electron chi connectivity index (χ3n) is 3.89. The van der Waals surface area contributed by atoms with Gasteiger partial charge in [-0.3, -0.25) is 4.79 Å². The van der Waals surface area contributed by atoms with E-state index in [1.165, 1.54) is 36.4 Å². The van der Waals surface area contributed by atoms with Gasteiger partial charge in [-0.2, -0.15) is 0 Å². The molecule has 5 N–H and O–H groups in total. The molecule has 0 aliphatic rings. The zero-order valence-corrected chi connectivity index (χ0v) is 15.2. The number of aromatic amines is 1. The highest BCUT2D eigenvalue weighted by molar-refractivity contribution is 7.92. The van der Waals surface area contributed by atoms with E-state index in [1.54, 1.807) is 6.07 Å². The molecule has 3 rings (SSSR count). The Balaban J connectivity index is 2.51. The van der Waals surface area contributed by atoms with Crippen molar-refractivity contribution in [2.75, 3.05) is 12.0 Å². The predicted molar refractivity (Wildman–Crippen MR) is 96.2 cm³/mol. The van der Waals surface area contributed by atoms with Gasteiger partial charge in [0.1, 0.15) is 10.6 Å². The van der Waals surface area contributed by atoms with Crippen molar-refractivity contribution in [3.05, 3.63) is 48.2 Å². The van der Waals surface area contributed by atoms with E-state index in [4.69, 9.17) is 11.5 Å². The highest BCUT2D eigenvalue weighted by atomic mass is 32.2. The zero-order valence-electron chi connectivity index (χ0n) is 13.6. The first-order valence-corrected chi connectivity index (χ1v) is 10.7. The maximum absolute atomic E-state index is 13.1. The van der Waals surface area contributed by atoms with Crippen LogP contribution in [0, 0.1) is 0 Å². The van der Waals surface area contributed by atoms with Crippen molar-refractivity contribution < 1.29 is 21.6 Å². The molecule has 0 radical (unpaired) electrons. The van der Waals surface area contributed by atoms with Crippen LogP contribution < -0.4 is 11.5 Å². The van der Waals surface area contributed by atoms with E-state index in [9.17, 15) is 21.6 Å². The van der Waals surface area contributed by atoms with Gasteiger partial charge < -0.3 is 16.5 Å². The van der Waals surface area contributed by atoms with Crippen LogP contribution in [-0.4, -0.2) is 34.0 Å². The Bertz CT molecular complexity index is 1240. The minimum atomic E-state index is -4.19. The van der Waals surface area contributed by atoms with Gasteiger partial charge in [-0.1, -0.05) is 18.2 Å². The van der Waals surface area contributed by atoms with E-state index >= 15 is 0 Å². The number of nitrogen functional groups attached to an aromatic ring is 1. The van der Waals surface area contributed by atoms with Crippen LogP contribution in [0.1, 0.15) is 10.5 Å². The lowest BCUT2D eigenvalue weighted by molar-refractivity contribution is 0.0993. The maximum atomic E-state index is 13.1. The van der Waals surface area contributed by atoms with Gasteiger partial charge in [-0.15, -0.1) is 0 Å². The van der Waals surface area contributed by atoms with Gasteiger partial charge in [0.15, 0.2) is 9.84 Å². The van der Waals surface area contributed by atoms with Gasteiger partial charge in [0.2, 0.25) is 9.84 Å². The fourth-order valence-electron chi connectivity index (χ4n) is 2.75. The van der Waals surface area contributed by atoms with Crippen molar-refractivity contribution in [2.45, 2.75) is 14.7 Å². The van der Waals surface area contributed by atoms with Crippen LogP contribution in [0.4, 0.5) is 5.69 Å². The van der Waals surface area contributed by atoms with Crippen molar-refractivity contribution in [1.82, 2.24) is 4.98 Å². The monoisotopic (exact) mass is 393 g/mol. The molecule has 2 aromatic carbocycles. The number of sulfone groups is 2. The average molecular weight is 393 g/mol. The maximum Gasteiger partial charge on any atom is 0.266 e. The number of nitrogens with two attached hydrogens (primary N) is 2. The number of primary amides is 1. The highest BCUT2D eigenvalue weighted by Gasteiger charge is 2.31. The third kappa shape index (κ3) is 2.72. The molecular formula is C16H15N3O5S2. The van der Waals surface area contributed by atoms with Crippen LogP contribution in [0.2, 0.25) is 0 Å². The first kappa shape index (κ1) is 18.0. The van der Waals surface area contributed by atoms with E-state index in [-0.39, 0.29) is 32.1 Å². The Labute approximate surface area is 149 Å². The summed E-state index contributed by atoms with van der Waals surface area (Å²) in [6.07, 6.45) is 0.956. The first-order valence-electron chi connectivity index (χ1n) is 7.29. The quantitative estimate of drug-likeness (QED) is 0.564. The molecule has 0 spiro atoms. The number of hydrogen-bond acceptors (Lipinski definition) is 6. The van der Waals surface area contributed by atoms with Gasteiger partial charge in [-0.05, 0) is 24.3 Å². The molecule has 0 saturated carbocycles. The number of carbonyl (C=O) groups is 1. The normalized spacial score (nSPS) is 12.3. The number of hydrogen-bond donors (Lipinski definition) is 3. The van der Waals surface area contributed by atoms with Gasteiger partial charge in [-0.25, -0.2) is 16.8 Å². The molecule has 0 aliphatic carbocycles. The van der Waals surface area contributed by atoms with Crippen LogP contribution in [0.5, 0.6) is 0 Å². The molecular weight excluding hydrogens is 378 g/mol. The summed E-state index contributed by atoms with van der Waals surface area (Å²) in [5.41, 5.74) is 10.9. The average Bonchev–Trinajstić information content (AvgIpc) is 2.96. The molecule has 0 aliphatic heterocycles. The number of rotatable bonds is 4. The van der Waals surface area contributed by atoms with Crippen molar-refractivity contribution >= 4 is 42.2 Å². The number of nitrogens with one attached hydrogen (secondary N) is 1. The number of benzene rings is 2. The summed E-state index contributed by atoms with van der Waals surface area (Å²) < 4.78 is 50.1. The summed E-state index contributed by atoms with van der Waals surface area (Å²) in [7, 11) is -7.90. The molecule has 0 saturated heterocycles. The Morgan fingerprint density at radius 2 is 1.62 bits per heavy atom.